The molecule has 8 nitrogen and oxygen atoms in total. The number of ether oxygens (including phenoxy) is 1. The van der Waals surface area contributed by atoms with Gasteiger partial charge in [-0.2, -0.15) is 0 Å². The third-order valence-corrected chi connectivity index (χ3v) is 4.43. The van der Waals surface area contributed by atoms with E-state index in [1.165, 1.54) is 6.07 Å². The van der Waals surface area contributed by atoms with E-state index in [4.69, 9.17) is 14.3 Å². The first-order valence-electron chi connectivity index (χ1n) is 8.97. The van der Waals surface area contributed by atoms with Crippen LogP contribution in [-0.4, -0.2) is 53.1 Å². The lowest BCUT2D eigenvalue weighted by Gasteiger charge is -2.35. The zero-order valence-corrected chi connectivity index (χ0v) is 15.7. The molecule has 2 aromatic rings. The zero-order valence-electron chi connectivity index (χ0n) is 15.7. The molecule has 28 heavy (non-hydrogen) atoms. The van der Waals surface area contributed by atoms with Crippen molar-refractivity contribution in [3.05, 3.63) is 59.0 Å². The van der Waals surface area contributed by atoms with Gasteiger partial charge in [0.25, 0.3) is 11.8 Å². The van der Waals surface area contributed by atoms with Crippen LogP contribution < -0.4 is 5.32 Å². The Morgan fingerprint density at radius 1 is 1.11 bits per heavy atom. The second kappa shape index (κ2) is 8.26. The predicted octanol–water partition coefficient (Wildman–Crippen LogP) is 2.16. The summed E-state index contributed by atoms with van der Waals surface area (Å²) in [5.41, 5.74) is 1.30. The van der Waals surface area contributed by atoms with Crippen molar-refractivity contribution in [2.24, 2.45) is 0 Å². The number of rotatable bonds is 5. The summed E-state index contributed by atoms with van der Waals surface area (Å²) in [6.07, 6.45) is 1.03. The van der Waals surface area contributed by atoms with E-state index in [-0.39, 0.29) is 36.0 Å². The minimum Gasteiger partial charge on any atom is -0.478 e. The Morgan fingerprint density at radius 3 is 2.32 bits per heavy atom. The van der Waals surface area contributed by atoms with Crippen molar-refractivity contribution in [1.82, 2.24) is 10.2 Å². The molecular weight excluding hydrogens is 364 g/mol. The fraction of sp³-hybridized carbons (Fsp3) is 0.350. The molecule has 0 bridgehead atoms. The van der Waals surface area contributed by atoms with E-state index in [0.29, 0.717) is 18.7 Å². The summed E-state index contributed by atoms with van der Waals surface area (Å²) in [4.78, 5) is 37.3. The van der Waals surface area contributed by atoms with E-state index in [0.717, 1.165) is 11.8 Å². The molecule has 1 fully saturated rings. The molecule has 2 N–H and O–H groups in total. The summed E-state index contributed by atoms with van der Waals surface area (Å²) in [6.45, 7) is 5.23. The van der Waals surface area contributed by atoms with Crippen LogP contribution in [0, 0.1) is 0 Å². The molecule has 0 spiro atoms. The van der Waals surface area contributed by atoms with E-state index in [1.54, 1.807) is 29.2 Å². The number of benzene rings is 1. The van der Waals surface area contributed by atoms with Gasteiger partial charge < -0.3 is 24.5 Å². The lowest BCUT2D eigenvalue weighted by molar-refractivity contribution is -0.0586. The maximum atomic E-state index is 12.7. The second-order valence-corrected chi connectivity index (χ2v) is 6.85. The maximum Gasteiger partial charge on any atom is 0.338 e. The first-order chi connectivity index (χ1) is 13.3. The Balaban J connectivity index is 1.57. The van der Waals surface area contributed by atoms with Crippen molar-refractivity contribution in [2.45, 2.75) is 32.6 Å². The number of carbonyl (C=O) groups excluding carboxylic acids is 2. The number of morpholine rings is 1. The van der Waals surface area contributed by atoms with Crippen molar-refractivity contribution >= 4 is 17.8 Å². The smallest absolute Gasteiger partial charge is 0.338 e. The van der Waals surface area contributed by atoms with Gasteiger partial charge in [0.1, 0.15) is 6.26 Å². The third kappa shape index (κ3) is 4.58. The summed E-state index contributed by atoms with van der Waals surface area (Å²) in [5.74, 6) is -1.79. The van der Waals surface area contributed by atoms with Gasteiger partial charge in [-0.05, 0) is 31.5 Å². The van der Waals surface area contributed by atoms with Crippen molar-refractivity contribution in [1.29, 1.82) is 0 Å². The minimum atomic E-state index is -1.16. The van der Waals surface area contributed by atoms with Crippen molar-refractivity contribution in [2.75, 3.05) is 13.1 Å². The fourth-order valence-corrected chi connectivity index (χ4v) is 3.13. The number of furan rings is 1. The number of aromatic carboxylic acids is 1. The van der Waals surface area contributed by atoms with Gasteiger partial charge in [0.15, 0.2) is 5.76 Å². The van der Waals surface area contributed by atoms with Gasteiger partial charge in [-0.25, -0.2) is 4.79 Å². The van der Waals surface area contributed by atoms with E-state index in [2.05, 4.69) is 5.32 Å². The van der Waals surface area contributed by atoms with Crippen LogP contribution >= 0.6 is 0 Å². The third-order valence-electron chi connectivity index (χ3n) is 4.43. The highest BCUT2D eigenvalue weighted by Crippen LogP contribution is 2.15. The number of hydrogen-bond donors (Lipinski definition) is 2. The van der Waals surface area contributed by atoms with E-state index in [1.807, 2.05) is 13.8 Å². The van der Waals surface area contributed by atoms with Gasteiger partial charge in [0, 0.05) is 31.3 Å². The van der Waals surface area contributed by atoms with Crippen LogP contribution in [0.4, 0.5) is 0 Å². The highest BCUT2D eigenvalue weighted by molar-refractivity contribution is 5.95. The van der Waals surface area contributed by atoms with Crippen LogP contribution in [0.25, 0.3) is 0 Å². The van der Waals surface area contributed by atoms with Gasteiger partial charge in [0.2, 0.25) is 0 Å². The molecule has 1 aromatic heterocycles. The first kappa shape index (κ1) is 19.6. The van der Waals surface area contributed by atoms with Crippen molar-refractivity contribution < 1.29 is 28.6 Å². The molecule has 148 valence electrons. The van der Waals surface area contributed by atoms with E-state index < -0.39 is 11.9 Å². The summed E-state index contributed by atoms with van der Waals surface area (Å²) in [6, 6.07) is 8.16. The average molecular weight is 386 g/mol. The van der Waals surface area contributed by atoms with Crippen LogP contribution in [0.3, 0.4) is 0 Å². The molecule has 3 rings (SSSR count). The molecule has 2 unspecified atom stereocenters. The molecule has 1 aromatic carbocycles. The molecule has 0 aliphatic carbocycles. The van der Waals surface area contributed by atoms with Crippen LogP contribution in [0.2, 0.25) is 0 Å². The number of carboxylic acid groups (broad SMARTS) is 1. The quantitative estimate of drug-likeness (QED) is 0.815. The number of amides is 2. The van der Waals surface area contributed by atoms with Gasteiger partial charge in [-0.15, -0.1) is 0 Å². The van der Waals surface area contributed by atoms with Crippen LogP contribution in [0.1, 0.15) is 50.7 Å². The average Bonchev–Trinajstić information content (AvgIpc) is 3.16. The highest BCUT2D eigenvalue weighted by Gasteiger charge is 2.26. The summed E-state index contributed by atoms with van der Waals surface area (Å²) < 4.78 is 10.6. The zero-order chi connectivity index (χ0) is 20.3. The monoisotopic (exact) mass is 386 g/mol. The molecule has 1 aliphatic rings. The highest BCUT2D eigenvalue weighted by atomic mass is 16.5. The Hall–Kier alpha value is -3.13. The Morgan fingerprint density at radius 2 is 1.75 bits per heavy atom. The van der Waals surface area contributed by atoms with E-state index in [9.17, 15) is 14.4 Å². The SMILES string of the molecule is CC1CN(C(=O)c2ccc(CNC(=O)c3cc(C(=O)O)co3)cc2)CC(C)O1. The number of nitrogens with one attached hydrogen (secondary N) is 1. The fourth-order valence-electron chi connectivity index (χ4n) is 3.13. The van der Waals surface area contributed by atoms with Crippen LogP contribution in [0.15, 0.2) is 41.0 Å². The second-order valence-electron chi connectivity index (χ2n) is 6.85. The van der Waals surface area contributed by atoms with Gasteiger partial charge in [0.05, 0.1) is 17.8 Å². The topological polar surface area (TPSA) is 109 Å². The molecule has 2 atom stereocenters. The Labute approximate surface area is 162 Å². The van der Waals surface area contributed by atoms with Gasteiger partial charge in [-0.1, -0.05) is 12.1 Å². The standard InChI is InChI=1S/C20H22N2O6/c1-12-9-22(10-13(2)28-12)19(24)15-5-3-14(4-6-15)8-21-18(23)17-7-16(11-27-17)20(25)26/h3-7,11-13H,8-10H2,1-2H3,(H,21,23)(H,25,26). The van der Waals surface area contributed by atoms with Gasteiger partial charge >= 0.3 is 5.97 Å². The molecule has 8 heteroatoms. The maximum absolute atomic E-state index is 12.7. The molecule has 0 radical (unpaired) electrons. The number of carboxylic acids is 1. The lowest BCUT2D eigenvalue weighted by atomic mass is 10.1. The molecular formula is C20H22N2O6. The first-order valence-corrected chi connectivity index (χ1v) is 8.97. The lowest BCUT2D eigenvalue weighted by Crippen LogP contribution is -2.48. The largest absolute Gasteiger partial charge is 0.478 e. The summed E-state index contributed by atoms with van der Waals surface area (Å²) in [5, 5.41) is 11.5. The van der Waals surface area contributed by atoms with Crippen molar-refractivity contribution in [3.8, 4) is 0 Å². The minimum absolute atomic E-state index is 0.00503. The van der Waals surface area contributed by atoms with Crippen molar-refractivity contribution in [3.63, 3.8) is 0 Å². The summed E-state index contributed by atoms with van der Waals surface area (Å²) in [7, 11) is 0. The predicted molar refractivity (Wildman–Crippen MR) is 99.2 cm³/mol. The molecule has 1 saturated heterocycles. The van der Waals surface area contributed by atoms with E-state index >= 15 is 0 Å². The molecule has 1 aliphatic heterocycles. The van der Waals surface area contributed by atoms with Crippen LogP contribution in [-0.2, 0) is 11.3 Å². The normalized spacial score (nSPS) is 19.3. The number of nitrogens with zero attached hydrogens (tertiary/aromatic N) is 1. The number of carbonyl (C=O) groups is 3. The van der Waals surface area contributed by atoms with Gasteiger partial charge in [-0.3, -0.25) is 9.59 Å². The summed E-state index contributed by atoms with van der Waals surface area (Å²) >= 11 is 0. The molecule has 0 saturated carbocycles. The molecule has 2 heterocycles. The van der Waals surface area contributed by atoms with Crippen LogP contribution in [0.5, 0.6) is 0 Å². The Bertz CT molecular complexity index is 863. The number of hydrogen-bond acceptors (Lipinski definition) is 5. The molecule has 2 amide bonds. The Kier molecular flexibility index (Phi) is 5.79.